The van der Waals surface area contributed by atoms with Gasteiger partial charge in [-0.05, 0) is 6.42 Å². The van der Waals surface area contributed by atoms with Gasteiger partial charge in [-0.25, -0.2) is 0 Å². The summed E-state index contributed by atoms with van der Waals surface area (Å²) in [5.74, 6) is -0.928. The van der Waals surface area contributed by atoms with Crippen LogP contribution in [0.2, 0.25) is 0 Å². The van der Waals surface area contributed by atoms with E-state index in [9.17, 15) is 14.4 Å². The molecule has 5 heteroatoms. The van der Waals surface area contributed by atoms with Gasteiger partial charge in [-0.3, -0.25) is 19.3 Å². The van der Waals surface area contributed by atoms with Crippen LogP contribution < -0.4 is 0 Å². The van der Waals surface area contributed by atoms with Gasteiger partial charge in [0.15, 0.2) is 0 Å². The standard InChI is InChI=1S/C9H10N2O3/c1-10-5-4-6(9(10)14)11-7(12)2-3-8(11)13/h2-3,6H,4-5H2,1H3. The molecule has 5 nitrogen and oxygen atoms in total. The summed E-state index contributed by atoms with van der Waals surface area (Å²) < 4.78 is 0. The summed E-state index contributed by atoms with van der Waals surface area (Å²) in [6.45, 7) is 0.598. The maximum Gasteiger partial charge on any atom is 0.254 e. The monoisotopic (exact) mass is 194 g/mol. The highest BCUT2D eigenvalue weighted by atomic mass is 16.2. The predicted molar refractivity (Wildman–Crippen MR) is 47.0 cm³/mol. The Hall–Kier alpha value is -1.65. The normalized spacial score (nSPS) is 26.9. The molecule has 0 aromatic heterocycles. The molecule has 14 heavy (non-hydrogen) atoms. The third-order valence-electron chi connectivity index (χ3n) is 2.55. The fraction of sp³-hybridized carbons (Fsp3) is 0.444. The van der Waals surface area contributed by atoms with Crippen LogP contribution in [0.4, 0.5) is 0 Å². The topological polar surface area (TPSA) is 57.7 Å². The van der Waals surface area contributed by atoms with E-state index in [2.05, 4.69) is 0 Å². The summed E-state index contributed by atoms with van der Waals surface area (Å²) in [5, 5.41) is 0. The van der Waals surface area contributed by atoms with E-state index in [0.717, 1.165) is 4.90 Å². The van der Waals surface area contributed by atoms with Crippen molar-refractivity contribution in [2.24, 2.45) is 0 Å². The molecule has 2 aliphatic rings. The van der Waals surface area contributed by atoms with Crippen LogP contribution >= 0.6 is 0 Å². The highest BCUT2D eigenvalue weighted by Crippen LogP contribution is 2.19. The molecule has 0 aromatic carbocycles. The zero-order valence-electron chi connectivity index (χ0n) is 7.77. The van der Waals surface area contributed by atoms with Crippen LogP contribution in [0, 0.1) is 0 Å². The van der Waals surface area contributed by atoms with E-state index in [4.69, 9.17) is 0 Å². The molecule has 2 aliphatic heterocycles. The Morgan fingerprint density at radius 3 is 2.21 bits per heavy atom. The molecule has 2 heterocycles. The number of nitrogens with zero attached hydrogens (tertiary/aromatic N) is 2. The number of amides is 3. The van der Waals surface area contributed by atoms with Gasteiger partial charge in [0.2, 0.25) is 5.91 Å². The van der Waals surface area contributed by atoms with Crippen molar-refractivity contribution in [2.75, 3.05) is 13.6 Å². The molecule has 1 saturated heterocycles. The van der Waals surface area contributed by atoms with Gasteiger partial charge in [-0.15, -0.1) is 0 Å². The van der Waals surface area contributed by atoms with Crippen molar-refractivity contribution in [1.82, 2.24) is 9.80 Å². The Morgan fingerprint density at radius 2 is 1.79 bits per heavy atom. The number of likely N-dealkylation sites (tertiary alicyclic amines) is 1. The van der Waals surface area contributed by atoms with E-state index in [-0.39, 0.29) is 17.7 Å². The van der Waals surface area contributed by atoms with Gasteiger partial charge in [0.1, 0.15) is 6.04 Å². The van der Waals surface area contributed by atoms with E-state index in [1.54, 1.807) is 7.05 Å². The number of hydrogen-bond acceptors (Lipinski definition) is 3. The first-order valence-corrected chi connectivity index (χ1v) is 4.41. The zero-order valence-corrected chi connectivity index (χ0v) is 7.77. The van der Waals surface area contributed by atoms with Crippen molar-refractivity contribution >= 4 is 17.7 Å². The third kappa shape index (κ3) is 1.13. The lowest BCUT2D eigenvalue weighted by Crippen LogP contribution is -2.44. The number of likely N-dealkylation sites (N-methyl/N-ethyl adjacent to an activating group) is 1. The quantitative estimate of drug-likeness (QED) is 0.510. The average Bonchev–Trinajstić information content (AvgIpc) is 2.62. The summed E-state index contributed by atoms with van der Waals surface area (Å²) >= 11 is 0. The van der Waals surface area contributed by atoms with Gasteiger partial charge >= 0.3 is 0 Å². The molecule has 0 radical (unpaired) electrons. The van der Waals surface area contributed by atoms with Gasteiger partial charge in [0.05, 0.1) is 0 Å². The maximum atomic E-state index is 11.5. The van der Waals surface area contributed by atoms with Crippen molar-refractivity contribution in [3.05, 3.63) is 12.2 Å². The van der Waals surface area contributed by atoms with Crippen molar-refractivity contribution < 1.29 is 14.4 Å². The van der Waals surface area contributed by atoms with Crippen LogP contribution in [0.3, 0.4) is 0 Å². The molecule has 0 spiro atoms. The zero-order chi connectivity index (χ0) is 10.3. The number of carbonyl (C=O) groups is 3. The average molecular weight is 194 g/mol. The second-order valence-electron chi connectivity index (χ2n) is 3.44. The summed E-state index contributed by atoms with van der Waals surface area (Å²) in [6, 6.07) is -0.588. The Labute approximate surface area is 81.0 Å². The minimum atomic E-state index is -0.588. The smallest absolute Gasteiger partial charge is 0.254 e. The molecular formula is C9H10N2O3. The lowest BCUT2D eigenvalue weighted by molar-refractivity contribution is -0.145. The molecule has 1 unspecified atom stereocenters. The predicted octanol–water partition coefficient (Wildman–Crippen LogP) is -0.858. The van der Waals surface area contributed by atoms with E-state index < -0.39 is 6.04 Å². The molecule has 3 amide bonds. The molecule has 1 fully saturated rings. The van der Waals surface area contributed by atoms with E-state index >= 15 is 0 Å². The fourth-order valence-corrected chi connectivity index (χ4v) is 1.76. The highest BCUT2D eigenvalue weighted by molar-refractivity contribution is 6.15. The summed E-state index contributed by atoms with van der Waals surface area (Å²) in [7, 11) is 1.67. The number of hydrogen-bond donors (Lipinski definition) is 0. The van der Waals surface area contributed by atoms with Gasteiger partial charge in [-0.2, -0.15) is 0 Å². The minimum Gasteiger partial charge on any atom is -0.344 e. The van der Waals surface area contributed by atoms with Gasteiger partial charge < -0.3 is 4.90 Å². The van der Waals surface area contributed by atoms with Crippen molar-refractivity contribution in [3.63, 3.8) is 0 Å². The Balaban J connectivity index is 2.21. The van der Waals surface area contributed by atoms with Crippen LogP contribution in [0.1, 0.15) is 6.42 Å². The molecular weight excluding hydrogens is 184 g/mol. The molecule has 1 atom stereocenters. The molecule has 0 N–H and O–H groups in total. The maximum absolute atomic E-state index is 11.5. The van der Waals surface area contributed by atoms with Crippen LogP contribution in [0.15, 0.2) is 12.2 Å². The number of carbonyl (C=O) groups excluding carboxylic acids is 3. The molecule has 0 aromatic rings. The largest absolute Gasteiger partial charge is 0.344 e. The van der Waals surface area contributed by atoms with Crippen LogP contribution in [-0.4, -0.2) is 47.2 Å². The first kappa shape index (κ1) is 8.93. The Kier molecular flexibility index (Phi) is 1.87. The van der Waals surface area contributed by atoms with E-state index in [0.29, 0.717) is 13.0 Å². The third-order valence-corrected chi connectivity index (χ3v) is 2.55. The lowest BCUT2D eigenvalue weighted by Gasteiger charge is -2.19. The molecule has 0 bridgehead atoms. The highest BCUT2D eigenvalue weighted by Gasteiger charge is 2.40. The molecule has 2 rings (SSSR count). The van der Waals surface area contributed by atoms with Crippen LogP contribution in [0.25, 0.3) is 0 Å². The Morgan fingerprint density at radius 1 is 1.21 bits per heavy atom. The Bertz CT molecular complexity index is 330. The summed E-state index contributed by atoms with van der Waals surface area (Å²) in [6.07, 6.45) is 2.94. The van der Waals surface area contributed by atoms with E-state index in [1.165, 1.54) is 17.1 Å². The number of rotatable bonds is 1. The first-order valence-electron chi connectivity index (χ1n) is 4.41. The first-order chi connectivity index (χ1) is 6.61. The van der Waals surface area contributed by atoms with Crippen LogP contribution in [0.5, 0.6) is 0 Å². The second-order valence-corrected chi connectivity index (χ2v) is 3.44. The van der Waals surface area contributed by atoms with Crippen molar-refractivity contribution in [3.8, 4) is 0 Å². The van der Waals surface area contributed by atoms with Gasteiger partial charge in [0.25, 0.3) is 11.8 Å². The number of imide groups is 1. The summed E-state index contributed by atoms with van der Waals surface area (Å²) in [4.78, 5) is 36.6. The van der Waals surface area contributed by atoms with Crippen molar-refractivity contribution in [1.29, 1.82) is 0 Å². The molecule has 74 valence electrons. The van der Waals surface area contributed by atoms with Crippen LogP contribution in [-0.2, 0) is 14.4 Å². The molecule has 0 saturated carbocycles. The van der Waals surface area contributed by atoms with Gasteiger partial charge in [-0.1, -0.05) is 0 Å². The van der Waals surface area contributed by atoms with Gasteiger partial charge in [0, 0.05) is 25.7 Å². The minimum absolute atomic E-state index is 0.157. The molecule has 0 aliphatic carbocycles. The SMILES string of the molecule is CN1CCC(N2C(=O)C=CC2=O)C1=O. The second kappa shape index (κ2) is 2.94. The fourth-order valence-electron chi connectivity index (χ4n) is 1.76. The lowest BCUT2D eigenvalue weighted by atomic mass is 10.2. The van der Waals surface area contributed by atoms with E-state index in [1.807, 2.05) is 0 Å². The summed E-state index contributed by atoms with van der Waals surface area (Å²) in [5.41, 5.74) is 0. The van der Waals surface area contributed by atoms with Crippen molar-refractivity contribution in [2.45, 2.75) is 12.5 Å².